The van der Waals surface area contributed by atoms with Crippen LogP contribution in [-0.2, 0) is 18.4 Å². The lowest BCUT2D eigenvalue weighted by atomic mass is 10.3. The average molecular weight is 355 g/mol. The van der Waals surface area contributed by atoms with Gasteiger partial charge in [0.15, 0.2) is 0 Å². The molecule has 3 aromatic rings. The summed E-state index contributed by atoms with van der Waals surface area (Å²) in [6, 6.07) is 11.5. The zero-order valence-electron chi connectivity index (χ0n) is 12.8. The van der Waals surface area contributed by atoms with Crippen molar-refractivity contribution in [2.45, 2.75) is 6.54 Å². The fourth-order valence-electron chi connectivity index (χ4n) is 2.61. The lowest BCUT2D eigenvalue weighted by Gasteiger charge is -2.11. The van der Waals surface area contributed by atoms with Crippen molar-refractivity contribution in [1.29, 1.82) is 0 Å². The van der Waals surface area contributed by atoms with Crippen LogP contribution in [0.1, 0.15) is 11.6 Å². The number of hydrogen-bond acceptors (Lipinski definition) is 5. The summed E-state index contributed by atoms with van der Waals surface area (Å²) in [5, 5.41) is 0. The Morgan fingerprint density at radius 1 is 1.29 bits per heavy atom. The van der Waals surface area contributed by atoms with Gasteiger partial charge < -0.3 is 8.98 Å². The maximum absolute atomic E-state index is 12.6. The van der Waals surface area contributed by atoms with Crippen LogP contribution in [0.25, 0.3) is 17.1 Å². The Morgan fingerprint density at radius 2 is 2.12 bits per heavy atom. The fraction of sp³-hybridized carbons (Fsp3) is 0.118. The highest BCUT2D eigenvalue weighted by Gasteiger charge is 2.33. The number of thiocarbonyl (C=S) groups is 1. The molecular weight excluding hydrogens is 342 g/mol. The van der Waals surface area contributed by atoms with Crippen LogP contribution in [-0.4, -0.2) is 24.7 Å². The Morgan fingerprint density at radius 3 is 2.88 bits per heavy atom. The minimum absolute atomic E-state index is 0.117. The number of fused-ring (bicyclic) bond motifs is 1. The molecule has 4 rings (SSSR count). The highest BCUT2D eigenvalue weighted by Crippen LogP contribution is 2.33. The molecular formula is C17H13N3O2S2. The first-order valence-electron chi connectivity index (χ1n) is 7.33. The summed E-state index contributed by atoms with van der Waals surface area (Å²) >= 11 is 6.63. The van der Waals surface area contributed by atoms with E-state index in [0.29, 0.717) is 21.5 Å². The van der Waals surface area contributed by atoms with Crippen LogP contribution in [0.2, 0.25) is 0 Å². The Balaban J connectivity index is 1.66. The molecule has 0 atom stereocenters. The molecule has 0 radical (unpaired) electrons. The molecule has 5 nitrogen and oxygen atoms in total. The van der Waals surface area contributed by atoms with E-state index in [1.54, 1.807) is 23.3 Å². The van der Waals surface area contributed by atoms with Crippen LogP contribution in [0.15, 0.2) is 52.0 Å². The van der Waals surface area contributed by atoms with Gasteiger partial charge in [0, 0.05) is 13.1 Å². The summed E-state index contributed by atoms with van der Waals surface area (Å²) in [6.45, 7) is 0.345. The molecule has 1 saturated heterocycles. The van der Waals surface area contributed by atoms with Crippen LogP contribution in [0, 0.1) is 0 Å². The number of amides is 1. The van der Waals surface area contributed by atoms with Gasteiger partial charge in [-0.25, -0.2) is 4.98 Å². The lowest BCUT2D eigenvalue weighted by molar-refractivity contribution is -0.122. The predicted octanol–water partition coefficient (Wildman–Crippen LogP) is 3.57. The second-order valence-corrected chi connectivity index (χ2v) is 7.04. The SMILES string of the molecule is Cn1c(/C=C2/SC(=S)N(Cc3ccco3)C2=O)nc2ccccc21. The molecule has 1 fully saturated rings. The third kappa shape index (κ3) is 2.55. The molecule has 24 heavy (non-hydrogen) atoms. The number of imidazole rings is 1. The van der Waals surface area contributed by atoms with Crippen molar-refractivity contribution in [3.63, 3.8) is 0 Å². The summed E-state index contributed by atoms with van der Waals surface area (Å²) < 4.78 is 7.80. The van der Waals surface area contributed by atoms with Crippen molar-refractivity contribution in [2.24, 2.45) is 7.05 Å². The number of rotatable bonds is 3. The van der Waals surface area contributed by atoms with E-state index in [0.717, 1.165) is 16.9 Å². The molecule has 0 unspecified atom stereocenters. The van der Waals surface area contributed by atoms with Crippen molar-refractivity contribution in [1.82, 2.24) is 14.5 Å². The predicted molar refractivity (Wildman–Crippen MR) is 98.1 cm³/mol. The molecule has 2 aromatic heterocycles. The first-order valence-corrected chi connectivity index (χ1v) is 8.55. The van der Waals surface area contributed by atoms with Crippen molar-refractivity contribution >= 4 is 51.3 Å². The molecule has 1 aromatic carbocycles. The third-order valence-corrected chi connectivity index (χ3v) is 5.23. The van der Waals surface area contributed by atoms with Crippen LogP contribution in [0.3, 0.4) is 0 Å². The molecule has 0 aliphatic carbocycles. The highest BCUT2D eigenvalue weighted by atomic mass is 32.2. The van der Waals surface area contributed by atoms with Gasteiger partial charge in [0.25, 0.3) is 5.91 Å². The number of hydrogen-bond donors (Lipinski definition) is 0. The zero-order chi connectivity index (χ0) is 16.7. The van der Waals surface area contributed by atoms with Crippen LogP contribution in [0.5, 0.6) is 0 Å². The number of para-hydroxylation sites is 2. The topological polar surface area (TPSA) is 51.3 Å². The number of aromatic nitrogens is 2. The maximum Gasteiger partial charge on any atom is 0.266 e. The number of furan rings is 1. The van der Waals surface area contributed by atoms with E-state index in [4.69, 9.17) is 16.6 Å². The first kappa shape index (κ1) is 15.2. The van der Waals surface area contributed by atoms with E-state index >= 15 is 0 Å². The lowest BCUT2D eigenvalue weighted by Crippen LogP contribution is -2.27. The van der Waals surface area contributed by atoms with Gasteiger partial charge in [-0.05, 0) is 24.3 Å². The summed E-state index contributed by atoms with van der Waals surface area (Å²) in [5.41, 5.74) is 1.92. The second kappa shape index (κ2) is 5.92. The molecule has 120 valence electrons. The van der Waals surface area contributed by atoms with Crippen molar-refractivity contribution in [3.8, 4) is 0 Å². The molecule has 1 aliphatic heterocycles. The number of thioether (sulfide) groups is 1. The van der Waals surface area contributed by atoms with Gasteiger partial charge >= 0.3 is 0 Å². The number of carbonyl (C=O) groups is 1. The van der Waals surface area contributed by atoms with E-state index in [-0.39, 0.29) is 5.91 Å². The number of benzene rings is 1. The van der Waals surface area contributed by atoms with Gasteiger partial charge in [-0.15, -0.1) is 0 Å². The summed E-state index contributed by atoms with van der Waals surface area (Å²) in [4.78, 5) is 19.3. The Labute approximate surface area is 148 Å². The van der Waals surface area contributed by atoms with Gasteiger partial charge in [0.1, 0.15) is 15.9 Å². The molecule has 0 saturated carbocycles. The smallest absolute Gasteiger partial charge is 0.266 e. The summed E-state index contributed by atoms with van der Waals surface area (Å²) in [7, 11) is 1.94. The fourth-order valence-corrected chi connectivity index (χ4v) is 3.83. The monoisotopic (exact) mass is 355 g/mol. The average Bonchev–Trinajstić information content (AvgIpc) is 3.26. The van der Waals surface area contributed by atoms with Gasteiger partial charge in [0.05, 0.1) is 28.7 Å². The van der Waals surface area contributed by atoms with Crippen molar-refractivity contribution in [2.75, 3.05) is 0 Å². The molecule has 1 aliphatic rings. The molecule has 0 N–H and O–H groups in total. The van der Waals surface area contributed by atoms with Gasteiger partial charge in [-0.1, -0.05) is 36.1 Å². The van der Waals surface area contributed by atoms with Crippen LogP contribution in [0.4, 0.5) is 0 Å². The molecule has 0 bridgehead atoms. The van der Waals surface area contributed by atoms with Gasteiger partial charge in [-0.2, -0.15) is 0 Å². The normalized spacial score (nSPS) is 16.7. The minimum atomic E-state index is -0.117. The van der Waals surface area contributed by atoms with E-state index in [1.165, 1.54) is 11.8 Å². The van der Waals surface area contributed by atoms with Crippen LogP contribution >= 0.6 is 24.0 Å². The Hall–Kier alpha value is -2.38. The maximum atomic E-state index is 12.6. The Bertz CT molecular complexity index is 973. The molecule has 7 heteroatoms. The third-order valence-electron chi connectivity index (χ3n) is 3.85. The first-order chi connectivity index (χ1) is 11.6. The Kier molecular flexibility index (Phi) is 3.74. The molecule has 0 spiro atoms. The molecule has 3 heterocycles. The summed E-state index contributed by atoms with van der Waals surface area (Å²) in [6.07, 6.45) is 3.38. The van der Waals surface area contributed by atoms with Gasteiger partial charge in [0.2, 0.25) is 0 Å². The minimum Gasteiger partial charge on any atom is -0.467 e. The number of aryl methyl sites for hydroxylation is 1. The second-order valence-electron chi connectivity index (χ2n) is 5.36. The van der Waals surface area contributed by atoms with Gasteiger partial charge in [-0.3, -0.25) is 9.69 Å². The number of nitrogens with zero attached hydrogens (tertiary/aromatic N) is 3. The largest absolute Gasteiger partial charge is 0.467 e. The number of carbonyl (C=O) groups excluding carboxylic acids is 1. The van der Waals surface area contributed by atoms with Crippen molar-refractivity contribution < 1.29 is 9.21 Å². The highest BCUT2D eigenvalue weighted by molar-refractivity contribution is 8.26. The van der Waals surface area contributed by atoms with E-state index < -0.39 is 0 Å². The van der Waals surface area contributed by atoms with E-state index in [9.17, 15) is 4.79 Å². The standard InChI is InChI=1S/C17H13N3O2S2/c1-19-13-7-3-2-6-12(13)18-15(19)9-14-16(21)20(17(23)24-14)10-11-5-4-8-22-11/h2-9H,10H2,1H3/b14-9+. The van der Waals surface area contributed by atoms with E-state index in [2.05, 4.69) is 4.98 Å². The van der Waals surface area contributed by atoms with E-state index in [1.807, 2.05) is 41.9 Å². The quantitative estimate of drug-likeness (QED) is 0.531. The summed E-state index contributed by atoms with van der Waals surface area (Å²) in [5.74, 6) is 1.32. The van der Waals surface area contributed by atoms with Crippen molar-refractivity contribution in [3.05, 3.63) is 59.2 Å². The van der Waals surface area contributed by atoms with Crippen LogP contribution < -0.4 is 0 Å². The molecule has 1 amide bonds. The zero-order valence-corrected chi connectivity index (χ0v) is 14.4.